The van der Waals surface area contributed by atoms with Gasteiger partial charge in [0.2, 0.25) is 0 Å². The molecular weight excluding hydrogens is 364 g/mol. The molecule has 2 aliphatic carbocycles. The molecule has 1 N–H and O–H groups in total. The van der Waals surface area contributed by atoms with Gasteiger partial charge in [0, 0.05) is 16.6 Å². The molecule has 1 aromatic rings. The van der Waals surface area contributed by atoms with E-state index in [1.807, 2.05) is 6.07 Å². The maximum atomic E-state index is 12.4. The summed E-state index contributed by atoms with van der Waals surface area (Å²) in [4.78, 5) is 28.9. The zero-order valence-electron chi connectivity index (χ0n) is 14.7. The van der Waals surface area contributed by atoms with E-state index < -0.39 is 12.0 Å². The number of benzene rings is 1. The van der Waals surface area contributed by atoms with E-state index in [4.69, 9.17) is 16.3 Å². The summed E-state index contributed by atoms with van der Waals surface area (Å²) in [6.07, 6.45) is 10.6. The molecule has 1 heterocycles. The molecule has 0 aromatic heterocycles. The average molecular weight is 383 g/mol. The third kappa shape index (κ3) is 4.03. The standard InChI is InChI=1S/C21H19ClN2O3/c22-15-5-3-4-13(10-15)11-19-21(26)24-17-12-14(8-9-18(17)27-19)20(25)23-16-6-1-2-7-16/h3-5,8-12,16,18H,1-2,6-7H2,(H,23,25)/b19-11-. The van der Waals surface area contributed by atoms with E-state index in [9.17, 15) is 9.59 Å². The van der Waals surface area contributed by atoms with Gasteiger partial charge in [-0.1, -0.05) is 36.6 Å². The third-order valence-electron chi connectivity index (χ3n) is 4.84. The van der Waals surface area contributed by atoms with Crippen molar-refractivity contribution >= 4 is 35.2 Å². The van der Waals surface area contributed by atoms with Gasteiger partial charge in [-0.25, -0.2) is 4.99 Å². The van der Waals surface area contributed by atoms with E-state index in [0.717, 1.165) is 31.2 Å². The summed E-state index contributed by atoms with van der Waals surface area (Å²) in [6, 6.07) is 7.37. The minimum atomic E-state index is -0.476. The molecule has 1 aromatic carbocycles. The Kier molecular flexibility index (Phi) is 4.94. The van der Waals surface area contributed by atoms with Crippen LogP contribution in [0.4, 0.5) is 0 Å². The molecule has 1 fully saturated rings. The number of nitrogens with one attached hydrogen (secondary N) is 1. The van der Waals surface area contributed by atoms with Crippen molar-refractivity contribution in [2.75, 3.05) is 0 Å². The van der Waals surface area contributed by atoms with Gasteiger partial charge in [-0.05, 0) is 54.8 Å². The lowest BCUT2D eigenvalue weighted by molar-refractivity contribution is -0.119. The number of carbonyl (C=O) groups is 2. The Bertz CT molecular complexity index is 908. The molecule has 138 valence electrons. The molecule has 1 unspecified atom stereocenters. The Morgan fingerprint density at radius 1 is 1.30 bits per heavy atom. The summed E-state index contributed by atoms with van der Waals surface area (Å²) in [5, 5.41) is 3.62. The molecule has 4 rings (SSSR count). The highest BCUT2D eigenvalue weighted by Gasteiger charge is 2.29. The summed E-state index contributed by atoms with van der Waals surface area (Å²) in [7, 11) is 0. The highest BCUT2D eigenvalue weighted by atomic mass is 35.5. The summed E-state index contributed by atoms with van der Waals surface area (Å²) in [6.45, 7) is 0. The molecule has 0 spiro atoms. The van der Waals surface area contributed by atoms with Gasteiger partial charge in [0.05, 0.1) is 5.71 Å². The second-order valence-corrected chi connectivity index (χ2v) is 7.29. The Morgan fingerprint density at radius 2 is 2.11 bits per heavy atom. The summed E-state index contributed by atoms with van der Waals surface area (Å²) in [5.41, 5.74) is 1.70. The normalized spacial score (nSPS) is 23.5. The van der Waals surface area contributed by atoms with Crippen molar-refractivity contribution in [1.29, 1.82) is 0 Å². The Balaban J connectivity index is 1.52. The second-order valence-electron chi connectivity index (χ2n) is 6.86. The van der Waals surface area contributed by atoms with Gasteiger partial charge >= 0.3 is 5.91 Å². The van der Waals surface area contributed by atoms with Gasteiger partial charge in [-0.15, -0.1) is 0 Å². The van der Waals surface area contributed by atoms with Gasteiger partial charge in [0.25, 0.3) is 5.91 Å². The molecule has 5 nitrogen and oxygen atoms in total. The van der Waals surface area contributed by atoms with Crippen molar-refractivity contribution in [3.05, 3.63) is 64.4 Å². The fourth-order valence-electron chi connectivity index (χ4n) is 3.46. The first-order chi connectivity index (χ1) is 13.1. The monoisotopic (exact) mass is 382 g/mol. The van der Waals surface area contributed by atoms with Crippen LogP contribution >= 0.6 is 11.6 Å². The predicted molar refractivity (Wildman–Crippen MR) is 104 cm³/mol. The molecular formula is C21H19ClN2O3. The first-order valence-corrected chi connectivity index (χ1v) is 9.44. The SMILES string of the molecule is O=C(NC1CCCC1)C1=CC2=NC(=O)/C(=C/c3cccc(Cl)c3)OC2C=C1. The van der Waals surface area contributed by atoms with Crippen LogP contribution < -0.4 is 5.32 Å². The second kappa shape index (κ2) is 7.53. The van der Waals surface area contributed by atoms with Crippen molar-refractivity contribution in [3.63, 3.8) is 0 Å². The van der Waals surface area contributed by atoms with Crippen LogP contribution in [-0.2, 0) is 14.3 Å². The van der Waals surface area contributed by atoms with E-state index in [-0.39, 0.29) is 17.7 Å². The quantitative estimate of drug-likeness (QED) is 0.812. The molecule has 3 aliphatic rings. The van der Waals surface area contributed by atoms with Crippen LogP contribution in [0.3, 0.4) is 0 Å². The molecule has 0 bridgehead atoms. The molecule has 6 heteroatoms. The van der Waals surface area contributed by atoms with Crippen LogP contribution in [0.1, 0.15) is 31.2 Å². The molecule has 1 saturated carbocycles. The number of halogens is 1. The van der Waals surface area contributed by atoms with Gasteiger partial charge in [0.1, 0.15) is 0 Å². The van der Waals surface area contributed by atoms with Gasteiger partial charge in [-0.3, -0.25) is 9.59 Å². The maximum Gasteiger partial charge on any atom is 0.312 e. The summed E-state index contributed by atoms with van der Waals surface area (Å²) >= 11 is 5.98. The van der Waals surface area contributed by atoms with Crippen LogP contribution in [0, 0.1) is 0 Å². The smallest absolute Gasteiger partial charge is 0.312 e. The summed E-state index contributed by atoms with van der Waals surface area (Å²) < 4.78 is 5.78. The fourth-order valence-corrected chi connectivity index (χ4v) is 3.66. The Labute approximate surface area is 162 Å². The lowest BCUT2D eigenvalue weighted by Crippen LogP contribution is -2.36. The van der Waals surface area contributed by atoms with Crippen molar-refractivity contribution < 1.29 is 14.3 Å². The van der Waals surface area contributed by atoms with Crippen LogP contribution in [0.15, 0.2) is 58.8 Å². The molecule has 1 aliphatic heterocycles. The van der Waals surface area contributed by atoms with Crippen LogP contribution in [0.25, 0.3) is 6.08 Å². The van der Waals surface area contributed by atoms with E-state index in [2.05, 4.69) is 10.3 Å². The average Bonchev–Trinajstić information content (AvgIpc) is 3.15. The number of hydrogen-bond acceptors (Lipinski definition) is 3. The van der Waals surface area contributed by atoms with Crippen LogP contribution in [0.2, 0.25) is 5.02 Å². The molecule has 1 atom stereocenters. The van der Waals surface area contributed by atoms with E-state index in [1.165, 1.54) is 0 Å². The molecule has 0 saturated heterocycles. The Hall–Kier alpha value is -2.66. The highest BCUT2D eigenvalue weighted by molar-refractivity contribution is 6.30. The number of hydrogen-bond donors (Lipinski definition) is 1. The van der Waals surface area contributed by atoms with Gasteiger partial charge < -0.3 is 10.1 Å². The topological polar surface area (TPSA) is 67.8 Å². The number of rotatable bonds is 3. The number of fused-ring (bicyclic) bond motifs is 1. The third-order valence-corrected chi connectivity index (χ3v) is 5.07. The predicted octanol–water partition coefficient (Wildman–Crippen LogP) is 3.60. The van der Waals surface area contributed by atoms with Crippen molar-refractivity contribution in [2.45, 2.75) is 37.8 Å². The van der Waals surface area contributed by atoms with Crippen molar-refractivity contribution in [3.8, 4) is 0 Å². The summed E-state index contributed by atoms with van der Waals surface area (Å²) in [5.74, 6) is -0.446. The molecule has 27 heavy (non-hydrogen) atoms. The zero-order chi connectivity index (χ0) is 18.8. The number of aliphatic imine (C=N–C) groups is 1. The van der Waals surface area contributed by atoms with Gasteiger partial charge in [-0.2, -0.15) is 0 Å². The first kappa shape index (κ1) is 17.7. The van der Waals surface area contributed by atoms with Crippen molar-refractivity contribution in [1.82, 2.24) is 5.32 Å². The number of carbonyl (C=O) groups excluding carboxylic acids is 2. The maximum absolute atomic E-state index is 12.4. The van der Waals surface area contributed by atoms with E-state index in [1.54, 1.807) is 42.5 Å². The van der Waals surface area contributed by atoms with E-state index in [0.29, 0.717) is 16.3 Å². The minimum Gasteiger partial charge on any atom is -0.474 e. The fraction of sp³-hybridized carbons (Fsp3) is 0.286. The number of nitrogens with zero attached hydrogens (tertiary/aromatic N) is 1. The van der Waals surface area contributed by atoms with E-state index >= 15 is 0 Å². The lowest BCUT2D eigenvalue weighted by Gasteiger charge is -2.24. The zero-order valence-corrected chi connectivity index (χ0v) is 15.4. The first-order valence-electron chi connectivity index (χ1n) is 9.06. The van der Waals surface area contributed by atoms with Gasteiger partial charge in [0.15, 0.2) is 11.9 Å². The molecule has 2 amide bonds. The highest BCUT2D eigenvalue weighted by Crippen LogP contribution is 2.24. The van der Waals surface area contributed by atoms with Crippen LogP contribution in [0.5, 0.6) is 0 Å². The minimum absolute atomic E-state index is 0.132. The van der Waals surface area contributed by atoms with Crippen LogP contribution in [-0.4, -0.2) is 29.7 Å². The number of amides is 2. The van der Waals surface area contributed by atoms with Crippen molar-refractivity contribution in [2.24, 2.45) is 4.99 Å². The largest absolute Gasteiger partial charge is 0.474 e. The Morgan fingerprint density at radius 3 is 2.89 bits per heavy atom. The lowest BCUT2D eigenvalue weighted by atomic mass is 10.0. The molecule has 0 radical (unpaired) electrons. The number of ether oxygens (including phenoxy) is 1.